The Morgan fingerprint density at radius 3 is 2.95 bits per heavy atom. The van der Waals surface area contributed by atoms with Crippen molar-refractivity contribution in [2.75, 3.05) is 35.8 Å². The van der Waals surface area contributed by atoms with Gasteiger partial charge in [0.05, 0.1) is 5.39 Å². The zero-order valence-electron chi connectivity index (χ0n) is 12.5. The molecule has 0 saturated carbocycles. The van der Waals surface area contributed by atoms with Crippen molar-refractivity contribution in [3.63, 3.8) is 0 Å². The Balaban J connectivity index is 2.36. The number of fused-ring (bicyclic) bond motifs is 1. The fraction of sp³-hybridized carbons (Fsp3) is 0.571. The number of nitrogens with one attached hydrogen (secondary N) is 1. The van der Waals surface area contributed by atoms with Gasteiger partial charge < -0.3 is 10.2 Å². The number of thiophene rings is 1. The largest absolute Gasteiger partial charge is 0.355 e. The van der Waals surface area contributed by atoms with Crippen LogP contribution in [0.2, 0.25) is 0 Å². The summed E-state index contributed by atoms with van der Waals surface area (Å²) in [6, 6.07) is 2.56. The van der Waals surface area contributed by atoms with Gasteiger partial charge in [-0.15, -0.1) is 11.3 Å². The van der Waals surface area contributed by atoms with Crippen LogP contribution >= 0.6 is 23.1 Å². The lowest BCUT2D eigenvalue weighted by molar-refractivity contribution is 0.756. The summed E-state index contributed by atoms with van der Waals surface area (Å²) < 4.78 is 0. The zero-order valence-corrected chi connectivity index (χ0v) is 14.1. The minimum Gasteiger partial charge on any atom is -0.355 e. The van der Waals surface area contributed by atoms with Crippen molar-refractivity contribution >= 4 is 45.1 Å². The van der Waals surface area contributed by atoms with E-state index in [0.29, 0.717) is 6.04 Å². The Morgan fingerprint density at radius 1 is 1.45 bits per heavy atom. The monoisotopic (exact) mass is 310 g/mol. The van der Waals surface area contributed by atoms with Crippen molar-refractivity contribution in [1.82, 2.24) is 9.97 Å². The third-order valence-electron chi connectivity index (χ3n) is 3.24. The summed E-state index contributed by atoms with van der Waals surface area (Å²) in [5.41, 5.74) is 0. The molecular weight excluding hydrogens is 288 g/mol. The van der Waals surface area contributed by atoms with Gasteiger partial charge >= 0.3 is 0 Å². The molecule has 0 radical (unpaired) electrons. The topological polar surface area (TPSA) is 41.1 Å². The molecule has 2 heterocycles. The van der Waals surface area contributed by atoms with Gasteiger partial charge in [-0.25, -0.2) is 4.98 Å². The van der Waals surface area contributed by atoms with Crippen molar-refractivity contribution in [1.29, 1.82) is 0 Å². The molecule has 0 fully saturated rings. The first kappa shape index (κ1) is 15.4. The molecule has 1 atom stereocenters. The molecule has 2 aromatic heterocycles. The number of anilines is 2. The van der Waals surface area contributed by atoms with Crippen LogP contribution in [0.5, 0.6) is 0 Å². The van der Waals surface area contributed by atoms with Gasteiger partial charge in [0.25, 0.3) is 0 Å². The van der Waals surface area contributed by atoms with Gasteiger partial charge in [0, 0.05) is 25.4 Å². The molecule has 0 saturated heterocycles. The summed E-state index contributed by atoms with van der Waals surface area (Å²) in [6.07, 6.45) is 3.21. The average Bonchev–Trinajstić information content (AvgIpc) is 2.91. The fourth-order valence-corrected chi connectivity index (χ4v) is 3.45. The number of hydrogen-bond donors (Lipinski definition) is 1. The van der Waals surface area contributed by atoms with Crippen LogP contribution in [0.25, 0.3) is 10.2 Å². The maximum absolute atomic E-state index is 4.71. The number of rotatable bonds is 7. The highest BCUT2D eigenvalue weighted by molar-refractivity contribution is 7.98. The molecule has 1 unspecified atom stereocenters. The molecule has 0 amide bonds. The van der Waals surface area contributed by atoms with Crippen molar-refractivity contribution in [2.24, 2.45) is 0 Å². The van der Waals surface area contributed by atoms with E-state index in [1.807, 2.05) is 11.8 Å². The molecule has 2 aromatic rings. The van der Waals surface area contributed by atoms with E-state index in [1.54, 1.807) is 11.3 Å². The van der Waals surface area contributed by atoms with E-state index in [4.69, 9.17) is 4.98 Å². The van der Waals surface area contributed by atoms with Crippen LogP contribution in [-0.4, -0.2) is 41.6 Å². The molecule has 0 spiro atoms. The quantitative estimate of drug-likeness (QED) is 0.844. The van der Waals surface area contributed by atoms with Crippen LogP contribution < -0.4 is 10.2 Å². The maximum atomic E-state index is 4.71. The molecular formula is C14H22N4S2. The highest BCUT2D eigenvalue weighted by Gasteiger charge is 2.16. The molecule has 110 valence electrons. The maximum Gasteiger partial charge on any atom is 0.226 e. The molecule has 6 heteroatoms. The van der Waals surface area contributed by atoms with Gasteiger partial charge in [0.15, 0.2) is 0 Å². The number of nitrogens with zero attached hydrogens (tertiary/aromatic N) is 3. The Morgan fingerprint density at radius 2 is 2.25 bits per heavy atom. The second-order valence-electron chi connectivity index (χ2n) is 4.85. The molecule has 0 aliphatic heterocycles. The van der Waals surface area contributed by atoms with Crippen LogP contribution in [0.3, 0.4) is 0 Å². The SMILES string of the molecule is CCCNc1nc(N(C)C(C)CSC)c2ccsc2n1. The average molecular weight is 310 g/mol. The predicted molar refractivity (Wildman–Crippen MR) is 92.4 cm³/mol. The first-order valence-corrected chi connectivity index (χ1v) is 9.15. The van der Waals surface area contributed by atoms with Crippen molar-refractivity contribution < 1.29 is 0 Å². The first-order valence-electron chi connectivity index (χ1n) is 6.88. The summed E-state index contributed by atoms with van der Waals surface area (Å²) in [5, 5.41) is 6.52. The number of aromatic nitrogens is 2. The first-order chi connectivity index (χ1) is 9.67. The number of thioether (sulfide) groups is 1. The third kappa shape index (κ3) is 3.35. The molecule has 20 heavy (non-hydrogen) atoms. The fourth-order valence-electron chi connectivity index (χ4n) is 1.99. The normalized spacial score (nSPS) is 12.6. The van der Waals surface area contributed by atoms with Crippen molar-refractivity contribution in [2.45, 2.75) is 26.3 Å². The van der Waals surface area contributed by atoms with Crippen molar-refractivity contribution in [3.8, 4) is 0 Å². The summed E-state index contributed by atoms with van der Waals surface area (Å²) in [6.45, 7) is 5.28. The minimum absolute atomic E-state index is 0.446. The zero-order chi connectivity index (χ0) is 14.5. The Hall–Kier alpha value is -1.01. The molecule has 0 aliphatic rings. The van der Waals surface area contributed by atoms with E-state index in [0.717, 1.165) is 40.7 Å². The highest BCUT2D eigenvalue weighted by atomic mass is 32.2. The van der Waals surface area contributed by atoms with Gasteiger partial charge in [-0.3, -0.25) is 0 Å². The van der Waals surface area contributed by atoms with Crippen LogP contribution in [0, 0.1) is 0 Å². The lowest BCUT2D eigenvalue weighted by Gasteiger charge is -2.26. The Labute approximate surface area is 129 Å². The molecule has 4 nitrogen and oxygen atoms in total. The summed E-state index contributed by atoms with van der Waals surface area (Å²) in [5.74, 6) is 2.85. The standard InChI is InChI=1S/C14H22N4S2/c1-5-7-15-14-16-12(18(3)10(2)9-19-4)11-6-8-20-13(11)17-14/h6,8,10H,5,7,9H2,1-4H3,(H,15,16,17). The Bertz CT molecular complexity index is 555. The van der Waals surface area contributed by atoms with Crippen LogP contribution in [0.1, 0.15) is 20.3 Å². The summed E-state index contributed by atoms with van der Waals surface area (Å²) in [4.78, 5) is 12.6. The van der Waals surface area contributed by atoms with Crippen LogP contribution in [0.4, 0.5) is 11.8 Å². The lowest BCUT2D eigenvalue weighted by atomic mass is 10.3. The van der Waals surface area contributed by atoms with E-state index in [9.17, 15) is 0 Å². The van der Waals surface area contributed by atoms with E-state index >= 15 is 0 Å². The van der Waals surface area contributed by atoms with E-state index in [1.165, 1.54) is 0 Å². The smallest absolute Gasteiger partial charge is 0.226 e. The highest BCUT2D eigenvalue weighted by Crippen LogP contribution is 2.29. The van der Waals surface area contributed by atoms with E-state index in [2.05, 4.69) is 53.8 Å². The van der Waals surface area contributed by atoms with Gasteiger partial charge in [-0.05, 0) is 31.0 Å². The second kappa shape index (κ2) is 7.13. The van der Waals surface area contributed by atoms with Crippen LogP contribution in [0.15, 0.2) is 11.4 Å². The lowest BCUT2D eigenvalue weighted by Crippen LogP contribution is -2.31. The van der Waals surface area contributed by atoms with Crippen LogP contribution in [-0.2, 0) is 0 Å². The minimum atomic E-state index is 0.446. The molecule has 0 bridgehead atoms. The molecule has 0 aromatic carbocycles. The van der Waals surface area contributed by atoms with Crippen molar-refractivity contribution in [3.05, 3.63) is 11.4 Å². The summed E-state index contributed by atoms with van der Waals surface area (Å²) in [7, 11) is 2.12. The van der Waals surface area contributed by atoms with E-state index < -0.39 is 0 Å². The van der Waals surface area contributed by atoms with E-state index in [-0.39, 0.29) is 0 Å². The van der Waals surface area contributed by atoms with Gasteiger partial charge in [-0.1, -0.05) is 6.92 Å². The predicted octanol–water partition coefficient (Wildman–Crippen LogP) is 3.70. The molecule has 1 N–H and O–H groups in total. The summed E-state index contributed by atoms with van der Waals surface area (Å²) >= 11 is 3.53. The van der Waals surface area contributed by atoms with Gasteiger partial charge in [0.2, 0.25) is 5.95 Å². The molecule has 2 rings (SSSR count). The number of hydrogen-bond acceptors (Lipinski definition) is 6. The second-order valence-corrected chi connectivity index (χ2v) is 6.66. The van der Waals surface area contributed by atoms with Gasteiger partial charge in [-0.2, -0.15) is 16.7 Å². The molecule has 0 aliphatic carbocycles. The Kier molecular flexibility index (Phi) is 5.48. The van der Waals surface area contributed by atoms with Gasteiger partial charge in [0.1, 0.15) is 10.6 Å². The third-order valence-corrected chi connectivity index (χ3v) is 4.86.